The molecule has 12 heavy (non-hydrogen) atoms. The molecule has 0 heteroatoms. The average molecular weight is 160 g/mol. The van der Waals surface area contributed by atoms with Crippen LogP contribution in [0.1, 0.15) is 32.6 Å². The minimum absolute atomic E-state index is 0.882. The Labute approximate surface area is 74.7 Å². The van der Waals surface area contributed by atoms with Crippen LogP contribution in [0.25, 0.3) is 0 Å². The molecule has 0 atom stereocenters. The van der Waals surface area contributed by atoms with E-state index < -0.39 is 0 Å². The Kier molecular flexibility index (Phi) is 2.16. The summed E-state index contributed by atoms with van der Waals surface area (Å²) in [7, 11) is 0. The second kappa shape index (κ2) is 3.30. The van der Waals surface area contributed by atoms with Crippen LogP contribution < -0.4 is 0 Å². The maximum absolute atomic E-state index is 2.30. The lowest BCUT2D eigenvalue weighted by atomic mass is 9.95. The summed E-state index contributed by atoms with van der Waals surface area (Å²) < 4.78 is 0. The predicted molar refractivity (Wildman–Crippen MR) is 52.9 cm³/mol. The fraction of sp³-hybridized carbons (Fsp3) is 0.500. The second-order valence-corrected chi connectivity index (χ2v) is 3.84. The van der Waals surface area contributed by atoms with Gasteiger partial charge in [0.15, 0.2) is 0 Å². The fourth-order valence-corrected chi connectivity index (χ4v) is 2.23. The van der Waals surface area contributed by atoms with E-state index in [0.717, 1.165) is 5.92 Å². The zero-order valence-corrected chi connectivity index (χ0v) is 7.72. The number of allylic oxidation sites excluding steroid dienone is 6. The molecule has 0 spiro atoms. The molecular formula is C12H16. The molecule has 0 aromatic heterocycles. The van der Waals surface area contributed by atoms with Gasteiger partial charge in [0.1, 0.15) is 0 Å². The highest BCUT2D eigenvalue weighted by atomic mass is 14.2. The summed E-state index contributed by atoms with van der Waals surface area (Å²) in [4.78, 5) is 0. The highest BCUT2D eigenvalue weighted by molar-refractivity contribution is 5.43. The lowest BCUT2D eigenvalue weighted by Gasteiger charge is -2.11. The van der Waals surface area contributed by atoms with Crippen molar-refractivity contribution in [3.63, 3.8) is 0 Å². The Hall–Kier alpha value is -0.780. The first-order chi connectivity index (χ1) is 5.88. The minimum atomic E-state index is 0.882. The first kappa shape index (κ1) is 7.85. The molecule has 0 amide bonds. The molecule has 0 aliphatic heterocycles. The molecule has 2 aliphatic carbocycles. The Morgan fingerprint density at radius 3 is 2.33 bits per heavy atom. The van der Waals surface area contributed by atoms with Crippen LogP contribution >= 0.6 is 0 Å². The van der Waals surface area contributed by atoms with Crippen LogP contribution in [0.15, 0.2) is 35.5 Å². The maximum atomic E-state index is 2.30. The molecule has 0 unspecified atom stereocenters. The van der Waals surface area contributed by atoms with Crippen molar-refractivity contribution in [3.8, 4) is 0 Å². The van der Waals surface area contributed by atoms with Crippen molar-refractivity contribution in [1.29, 1.82) is 0 Å². The van der Waals surface area contributed by atoms with E-state index in [1.165, 1.54) is 31.3 Å². The van der Waals surface area contributed by atoms with E-state index in [-0.39, 0.29) is 0 Å². The van der Waals surface area contributed by atoms with Gasteiger partial charge in [0.25, 0.3) is 0 Å². The summed E-state index contributed by atoms with van der Waals surface area (Å²) in [6.45, 7) is 2.30. The van der Waals surface area contributed by atoms with Gasteiger partial charge in [-0.2, -0.15) is 0 Å². The molecule has 0 N–H and O–H groups in total. The van der Waals surface area contributed by atoms with Crippen LogP contribution in [-0.2, 0) is 0 Å². The molecule has 0 bridgehead atoms. The zero-order chi connectivity index (χ0) is 8.39. The van der Waals surface area contributed by atoms with Gasteiger partial charge in [0, 0.05) is 0 Å². The SMILES string of the molecule is CC(=C1C=CC=C1)C1CCCC1. The third kappa shape index (κ3) is 1.38. The van der Waals surface area contributed by atoms with Gasteiger partial charge in [-0.3, -0.25) is 0 Å². The largest absolute Gasteiger partial charge is 0.0630 e. The normalized spacial score (nSPS) is 22.6. The van der Waals surface area contributed by atoms with Crippen LogP contribution in [0.5, 0.6) is 0 Å². The molecule has 0 aromatic rings. The standard InChI is InChI=1S/C12H16/c1-10(11-6-2-3-7-11)12-8-4-5-9-12/h2-3,6-7,12H,4-5,8-9H2,1H3. The first-order valence-electron chi connectivity index (χ1n) is 4.93. The van der Waals surface area contributed by atoms with E-state index in [4.69, 9.17) is 0 Å². The van der Waals surface area contributed by atoms with Crippen molar-refractivity contribution in [2.24, 2.45) is 5.92 Å². The number of hydrogen-bond acceptors (Lipinski definition) is 0. The summed E-state index contributed by atoms with van der Waals surface area (Å²) in [5.41, 5.74) is 3.07. The van der Waals surface area contributed by atoms with Gasteiger partial charge in [-0.1, -0.05) is 42.7 Å². The van der Waals surface area contributed by atoms with Crippen LogP contribution in [0, 0.1) is 5.92 Å². The Morgan fingerprint density at radius 1 is 1.17 bits per heavy atom. The molecule has 2 rings (SSSR count). The molecule has 0 nitrogen and oxygen atoms in total. The fourth-order valence-electron chi connectivity index (χ4n) is 2.23. The van der Waals surface area contributed by atoms with Crippen molar-refractivity contribution in [2.75, 3.05) is 0 Å². The van der Waals surface area contributed by atoms with E-state index in [2.05, 4.69) is 31.2 Å². The number of rotatable bonds is 1. The molecule has 1 saturated carbocycles. The topological polar surface area (TPSA) is 0 Å². The van der Waals surface area contributed by atoms with Gasteiger partial charge in [0.2, 0.25) is 0 Å². The molecule has 1 fully saturated rings. The van der Waals surface area contributed by atoms with E-state index >= 15 is 0 Å². The summed E-state index contributed by atoms with van der Waals surface area (Å²) in [6, 6.07) is 0. The second-order valence-electron chi connectivity index (χ2n) is 3.84. The molecule has 0 aromatic carbocycles. The van der Waals surface area contributed by atoms with E-state index in [0.29, 0.717) is 0 Å². The predicted octanol–water partition coefficient (Wildman–Crippen LogP) is 3.62. The van der Waals surface area contributed by atoms with E-state index in [1.54, 1.807) is 5.57 Å². The maximum Gasteiger partial charge on any atom is -0.0197 e. The van der Waals surface area contributed by atoms with Crippen LogP contribution in [0.3, 0.4) is 0 Å². The average Bonchev–Trinajstić information content (AvgIpc) is 2.77. The molecule has 64 valence electrons. The number of hydrogen-bond donors (Lipinski definition) is 0. The Morgan fingerprint density at radius 2 is 1.75 bits per heavy atom. The van der Waals surface area contributed by atoms with Gasteiger partial charge in [-0.05, 0) is 31.3 Å². The van der Waals surface area contributed by atoms with Gasteiger partial charge in [-0.25, -0.2) is 0 Å². The first-order valence-corrected chi connectivity index (χ1v) is 4.93. The summed E-state index contributed by atoms with van der Waals surface area (Å²) in [5.74, 6) is 0.882. The summed E-state index contributed by atoms with van der Waals surface area (Å²) in [6.07, 6.45) is 14.4. The van der Waals surface area contributed by atoms with Crippen molar-refractivity contribution in [3.05, 3.63) is 35.5 Å². The van der Waals surface area contributed by atoms with Crippen LogP contribution in [-0.4, -0.2) is 0 Å². The highest BCUT2D eigenvalue weighted by Crippen LogP contribution is 2.33. The molecule has 0 radical (unpaired) electrons. The summed E-state index contributed by atoms with van der Waals surface area (Å²) in [5, 5.41) is 0. The third-order valence-corrected chi connectivity index (χ3v) is 3.09. The molecular weight excluding hydrogens is 144 g/mol. The van der Waals surface area contributed by atoms with Crippen LogP contribution in [0.4, 0.5) is 0 Å². The van der Waals surface area contributed by atoms with Crippen molar-refractivity contribution in [2.45, 2.75) is 32.6 Å². The highest BCUT2D eigenvalue weighted by Gasteiger charge is 2.17. The van der Waals surface area contributed by atoms with Gasteiger partial charge in [-0.15, -0.1) is 0 Å². The Balaban J connectivity index is 2.16. The van der Waals surface area contributed by atoms with Gasteiger partial charge < -0.3 is 0 Å². The lowest BCUT2D eigenvalue weighted by Crippen LogP contribution is -1.96. The monoisotopic (exact) mass is 160 g/mol. The molecule has 0 saturated heterocycles. The summed E-state index contributed by atoms with van der Waals surface area (Å²) >= 11 is 0. The quantitative estimate of drug-likeness (QED) is 0.549. The van der Waals surface area contributed by atoms with Gasteiger partial charge >= 0.3 is 0 Å². The van der Waals surface area contributed by atoms with Crippen molar-refractivity contribution < 1.29 is 0 Å². The lowest BCUT2D eigenvalue weighted by molar-refractivity contribution is 0.639. The Bertz CT molecular complexity index is 233. The van der Waals surface area contributed by atoms with Gasteiger partial charge in [0.05, 0.1) is 0 Å². The van der Waals surface area contributed by atoms with Crippen molar-refractivity contribution >= 4 is 0 Å². The molecule has 0 heterocycles. The van der Waals surface area contributed by atoms with Crippen LogP contribution in [0.2, 0.25) is 0 Å². The smallest absolute Gasteiger partial charge is 0.0197 e. The van der Waals surface area contributed by atoms with E-state index in [1.807, 2.05) is 0 Å². The van der Waals surface area contributed by atoms with Crippen molar-refractivity contribution in [1.82, 2.24) is 0 Å². The minimum Gasteiger partial charge on any atom is -0.0630 e. The molecule has 2 aliphatic rings. The third-order valence-electron chi connectivity index (χ3n) is 3.09. The zero-order valence-electron chi connectivity index (χ0n) is 7.72. The van der Waals surface area contributed by atoms with E-state index in [9.17, 15) is 0 Å².